The zero-order chi connectivity index (χ0) is 15.7. The molecular weight excluding hydrogens is 268 g/mol. The van der Waals surface area contributed by atoms with Gasteiger partial charge >= 0.3 is 0 Å². The van der Waals surface area contributed by atoms with Crippen molar-refractivity contribution in [1.82, 2.24) is 10.1 Å². The van der Waals surface area contributed by atoms with Gasteiger partial charge in [0.15, 0.2) is 0 Å². The summed E-state index contributed by atoms with van der Waals surface area (Å²) in [7, 11) is 0. The van der Waals surface area contributed by atoms with Gasteiger partial charge in [0.25, 0.3) is 0 Å². The molecule has 0 bridgehead atoms. The van der Waals surface area contributed by atoms with Crippen LogP contribution in [0.25, 0.3) is 0 Å². The first kappa shape index (κ1) is 16.0. The number of nitrogens with one attached hydrogen (secondary N) is 1. The standard InChI is InChI=1S/C15H26N4O2/c1-14(2,3)11-7-13(21-18-11)17-12(20)8-19-6-5-15(4,9-16)10-19/h7H,5-6,8-10,16H2,1-4H3,(H,17,20). The molecule has 1 aliphatic heterocycles. The summed E-state index contributed by atoms with van der Waals surface area (Å²) in [5.74, 6) is 0.332. The molecule has 1 amide bonds. The molecule has 1 aromatic rings. The van der Waals surface area contributed by atoms with Crippen molar-refractivity contribution in [3.63, 3.8) is 0 Å². The zero-order valence-electron chi connectivity index (χ0n) is 13.4. The fourth-order valence-corrected chi connectivity index (χ4v) is 2.50. The Morgan fingerprint density at radius 1 is 1.57 bits per heavy atom. The minimum absolute atomic E-state index is 0.0760. The second-order valence-corrected chi connectivity index (χ2v) is 7.35. The van der Waals surface area contributed by atoms with Crippen molar-refractivity contribution in [1.29, 1.82) is 0 Å². The van der Waals surface area contributed by atoms with E-state index in [9.17, 15) is 4.79 Å². The number of nitrogens with zero attached hydrogens (tertiary/aromatic N) is 2. The van der Waals surface area contributed by atoms with Crippen LogP contribution in [0.2, 0.25) is 0 Å². The van der Waals surface area contributed by atoms with Gasteiger partial charge in [0.1, 0.15) is 0 Å². The van der Waals surface area contributed by atoms with E-state index < -0.39 is 0 Å². The summed E-state index contributed by atoms with van der Waals surface area (Å²) in [6, 6.07) is 1.78. The molecule has 2 rings (SSSR count). The fraction of sp³-hybridized carbons (Fsp3) is 0.733. The topological polar surface area (TPSA) is 84.4 Å². The van der Waals surface area contributed by atoms with Crippen LogP contribution >= 0.6 is 0 Å². The van der Waals surface area contributed by atoms with Crippen molar-refractivity contribution in [3.8, 4) is 0 Å². The second kappa shape index (κ2) is 5.77. The predicted molar refractivity (Wildman–Crippen MR) is 82.1 cm³/mol. The largest absolute Gasteiger partial charge is 0.338 e. The molecule has 3 N–H and O–H groups in total. The predicted octanol–water partition coefficient (Wildman–Crippen LogP) is 1.58. The Hall–Kier alpha value is -1.40. The lowest BCUT2D eigenvalue weighted by molar-refractivity contribution is -0.117. The van der Waals surface area contributed by atoms with E-state index >= 15 is 0 Å². The summed E-state index contributed by atoms with van der Waals surface area (Å²) < 4.78 is 5.17. The molecule has 0 spiro atoms. The maximum atomic E-state index is 12.1. The molecule has 6 nitrogen and oxygen atoms in total. The van der Waals surface area contributed by atoms with E-state index in [1.165, 1.54) is 0 Å². The van der Waals surface area contributed by atoms with E-state index in [2.05, 4.69) is 22.3 Å². The van der Waals surface area contributed by atoms with Crippen LogP contribution in [0.5, 0.6) is 0 Å². The van der Waals surface area contributed by atoms with Gasteiger partial charge < -0.3 is 10.3 Å². The third-order valence-corrected chi connectivity index (χ3v) is 4.04. The van der Waals surface area contributed by atoms with Gasteiger partial charge in [-0.1, -0.05) is 32.9 Å². The molecule has 0 radical (unpaired) electrons. The van der Waals surface area contributed by atoms with E-state index in [4.69, 9.17) is 10.3 Å². The molecule has 6 heteroatoms. The first-order chi connectivity index (χ1) is 9.72. The highest BCUT2D eigenvalue weighted by Gasteiger charge is 2.33. The van der Waals surface area contributed by atoms with Crippen LogP contribution in [0, 0.1) is 5.41 Å². The van der Waals surface area contributed by atoms with Gasteiger partial charge in [0, 0.05) is 18.0 Å². The minimum atomic E-state index is -0.0929. The highest BCUT2D eigenvalue weighted by Crippen LogP contribution is 2.28. The Morgan fingerprint density at radius 2 is 2.29 bits per heavy atom. The summed E-state index contributed by atoms with van der Waals surface area (Å²) in [4.78, 5) is 14.2. The van der Waals surface area contributed by atoms with Crippen molar-refractivity contribution >= 4 is 11.8 Å². The number of carbonyl (C=O) groups excluding carboxylic acids is 1. The van der Waals surface area contributed by atoms with Crippen LogP contribution < -0.4 is 11.1 Å². The van der Waals surface area contributed by atoms with E-state index in [1.54, 1.807) is 6.07 Å². The third-order valence-electron chi connectivity index (χ3n) is 4.04. The lowest BCUT2D eigenvalue weighted by atomic mass is 9.90. The first-order valence-electron chi connectivity index (χ1n) is 7.41. The van der Waals surface area contributed by atoms with Crippen molar-refractivity contribution in [2.24, 2.45) is 11.1 Å². The molecule has 1 saturated heterocycles. The molecule has 1 atom stereocenters. The van der Waals surface area contributed by atoms with Gasteiger partial charge in [0.2, 0.25) is 11.8 Å². The Balaban J connectivity index is 1.87. The van der Waals surface area contributed by atoms with Crippen LogP contribution in [0.15, 0.2) is 10.6 Å². The van der Waals surface area contributed by atoms with E-state index in [1.807, 2.05) is 20.8 Å². The second-order valence-electron chi connectivity index (χ2n) is 7.35. The summed E-state index contributed by atoms with van der Waals surface area (Å²) in [5, 5.41) is 6.75. The number of hydrogen-bond acceptors (Lipinski definition) is 5. The minimum Gasteiger partial charge on any atom is -0.338 e. The van der Waals surface area contributed by atoms with Crippen LogP contribution in [-0.2, 0) is 10.2 Å². The SMILES string of the molecule is CC1(CN)CCN(CC(=O)Nc2cc(C(C)(C)C)no2)C1. The number of aromatic nitrogens is 1. The average Bonchev–Trinajstić information content (AvgIpc) is 2.97. The van der Waals surface area contributed by atoms with Crippen molar-refractivity contribution in [2.45, 2.75) is 39.5 Å². The normalized spacial score (nSPS) is 23.5. The number of carbonyl (C=O) groups is 1. The first-order valence-corrected chi connectivity index (χ1v) is 7.41. The Kier molecular flexibility index (Phi) is 4.39. The lowest BCUT2D eigenvalue weighted by Crippen LogP contribution is -2.35. The Morgan fingerprint density at radius 3 is 2.81 bits per heavy atom. The van der Waals surface area contributed by atoms with Crippen LogP contribution in [0.1, 0.15) is 39.8 Å². The van der Waals surface area contributed by atoms with Gasteiger partial charge in [0.05, 0.1) is 12.2 Å². The van der Waals surface area contributed by atoms with Gasteiger partial charge in [-0.05, 0) is 24.9 Å². The molecule has 0 aromatic carbocycles. The maximum absolute atomic E-state index is 12.1. The monoisotopic (exact) mass is 294 g/mol. The number of likely N-dealkylation sites (tertiary alicyclic amines) is 1. The Bertz CT molecular complexity index is 506. The van der Waals surface area contributed by atoms with Gasteiger partial charge in [-0.15, -0.1) is 0 Å². The molecular formula is C15H26N4O2. The summed E-state index contributed by atoms with van der Waals surface area (Å²) >= 11 is 0. The highest BCUT2D eigenvalue weighted by atomic mass is 16.5. The van der Waals surface area contributed by atoms with Crippen LogP contribution in [0.4, 0.5) is 5.88 Å². The molecule has 21 heavy (non-hydrogen) atoms. The van der Waals surface area contributed by atoms with Gasteiger partial charge in [-0.2, -0.15) is 0 Å². The average molecular weight is 294 g/mol. The van der Waals surface area contributed by atoms with Crippen LogP contribution in [0.3, 0.4) is 0 Å². The molecule has 1 unspecified atom stereocenters. The smallest absolute Gasteiger partial charge is 0.240 e. The van der Waals surface area contributed by atoms with E-state index in [-0.39, 0.29) is 16.7 Å². The van der Waals surface area contributed by atoms with Crippen molar-refractivity contribution in [3.05, 3.63) is 11.8 Å². The van der Waals surface area contributed by atoms with E-state index in [0.717, 1.165) is 25.2 Å². The summed E-state index contributed by atoms with van der Waals surface area (Å²) in [6.45, 7) is 11.1. The molecule has 1 aliphatic rings. The molecule has 2 heterocycles. The van der Waals surface area contributed by atoms with Crippen molar-refractivity contribution < 1.29 is 9.32 Å². The lowest BCUT2D eigenvalue weighted by Gasteiger charge is -2.22. The molecule has 0 aliphatic carbocycles. The van der Waals surface area contributed by atoms with E-state index in [0.29, 0.717) is 19.0 Å². The number of nitrogens with two attached hydrogens (primary N) is 1. The fourth-order valence-electron chi connectivity index (χ4n) is 2.50. The molecule has 0 saturated carbocycles. The van der Waals surface area contributed by atoms with Crippen LogP contribution in [-0.4, -0.2) is 42.1 Å². The molecule has 1 aromatic heterocycles. The summed E-state index contributed by atoms with van der Waals surface area (Å²) in [6.07, 6.45) is 1.03. The highest BCUT2D eigenvalue weighted by molar-refractivity contribution is 5.91. The molecule has 118 valence electrons. The number of rotatable bonds is 4. The number of anilines is 1. The quantitative estimate of drug-likeness (QED) is 0.880. The number of hydrogen-bond donors (Lipinski definition) is 2. The Labute approximate surface area is 126 Å². The molecule has 1 fully saturated rings. The third kappa shape index (κ3) is 4.04. The maximum Gasteiger partial charge on any atom is 0.240 e. The van der Waals surface area contributed by atoms with Crippen molar-refractivity contribution in [2.75, 3.05) is 31.5 Å². The summed E-state index contributed by atoms with van der Waals surface area (Å²) in [5.41, 5.74) is 6.64. The van der Waals surface area contributed by atoms with Gasteiger partial charge in [-0.3, -0.25) is 15.0 Å². The van der Waals surface area contributed by atoms with Gasteiger partial charge in [-0.25, -0.2) is 0 Å². The number of amides is 1. The zero-order valence-corrected chi connectivity index (χ0v) is 13.4.